The van der Waals surface area contributed by atoms with Gasteiger partial charge < -0.3 is 5.11 Å². The van der Waals surface area contributed by atoms with E-state index in [1.807, 2.05) is 6.92 Å². The molecule has 0 spiro atoms. The molecule has 0 saturated carbocycles. The summed E-state index contributed by atoms with van der Waals surface area (Å²) in [5, 5.41) is 14.6. The third-order valence-corrected chi connectivity index (χ3v) is 3.61. The monoisotopic (exact) mass is 261 g/mol. The number of unbranched alkanes of at least 4 members (excludes halogenated alkanes) is 1. The number of hydrogen-bond acceptors (Lipinski definition) is 4. The highest BCUT2D eigenvalue weighted by Crippen LogP contribution is 2.07. The Morgan fingerprint density at radius 3 is 2.82 bits per heavy atom. The molecule has 17 heavy (non-hydrogen) atoms. The Morgan fingerprint density at radius 1 is 1.65 bits per heavy atom. The molecule has 0 saturated heterocycles. The van der Waals surface area contributed by atoms with Crippen LogP contribution in [-0.4, -0.2) is 35.7 Å². The number of aliphatic carboxylic acids is 1. The Labute approximate surface area is 99.3 Å². The van der Waals surface area contributed by atoms with Crippen LogP contribution in [0.5, 0.6) is 0 Å². The van der Waals surface area contributed by atoms with Crippen molar-refractivity contribution in [2.24, 2.45) is 0 Å². The number of nitrogens with one attached hydrogen (secondary N) is 2. The van der Waals surface area contributed by atoms with Gasteiger partial charge in [-0.1, -0.05) is 19.8 Å². The molecule has 1 aromatic heterocycles. The van der Waals surface area contributed by atoms with Gasteiger partial charge in [-0.2, -0.15) is 9.82 Å². The molecular weight excluding hydrogens is 246 g/mol. The first kappa shape index (κ1) is 13.7. The maximum atomic E-state index is 11.7. The second-order valence-electron chi connectivity index (χ2n) is 3.58. The van der Waals surface area contributed by atoms with Gasteiger partial charge in [0.05, 0.1) is 6.20 Å². The van der Waals surface area contributed by atoms with E-state index in [-0.39, 0.29) is 11.4 Å². The van der Waals surface area contributed by atoms with E-state index in [2.05, 4.69) is 14.9 Å². The summed E-state index contributed by atoms with van der Waals surface area (Å²) in [6, 6.07) is 0.157. The van der Waals surface area contributed by atoms with Gasteiger partial charge in [0.2, 0.25) is 0 Å². The fourth-order valence-corrected chi connectivity index (χ4v) is 2.42. The van der Waals surface area contributed by atoms with Crippen molar-refractivity contribution in [3.8, 4) is 0 Å². The Hall–Kier alpha value is -1.41. The van der Waals surface area contributed by atoms with Gasteiger partial charge in [-0.25, -0.2) is 8.42 Å². The first-order chi connectivity index (χ1) is 7.97. The molecule has 7 nitrogen and oxygen atoms in total. The van der Waals surface area contributed by atoms with Gasteiger partial charge in [0.15, 0.2) is 5.03 Å². The van der Waals surface area contributed by atoms with Gasteiger partial charge >= 0.3 is 5.97 Å². The zero-order chi connectivity index (χ0) is 12.9. The lowest BCUT2D eigenvalue weighted by atomic mass is 10.1. The second kappa shape index (κ2) is 5.78. The number of hydrogen-bond donors (Lipinski definition) is 3. The lowest BCUT2D eigenvalue weighted by Crippen LogP contribution is -2.40. The van der Waals surface area contributed by atoms with Crippen LogP contribution in [0.25, 0.3) is 0 Å². The van der Waals surface area contributed by atoms with Crippen molar-refractivity contribution in [3.05, 3.63) is 12.3 Å². The highest BCUT2D eigenvalue weighted by Gasteiger charge is 2.25. The van der Waals surface area contributed by atoms with Crippen molar-refractivity contribution in [2.75, 3.05) is 0 Å². The van der Waals surface area contributed by atoms with E-state index in [1.165, 1.54) is 12.3 Å². The first-order valence-corrected chi connectivity index (χ1v) is 6.70. The van der Waals surface area contributed by atoms with E-state index in [4.69, 9.17) is 5.11 Å². The molecule has 0 amide bonds. The number of sulfonamides is 1. The fraction of sp³-hybridized carbons (Fsp3) is 0.556. The summed E-state index contributed by atoms with van der Waals surface area (Å²) in [4.78, 5) is 10.9. The number of H-pyrrole nitrogens is 1. The minimum atomic E-state index is -3.84. The topological polar surface area (TPSA) is 112 Å². The summed E-state index contributed by atoms with van der Waals surface area (Å²) < 4.78 is 25.6. The zero-order valence-electron chi connectivity index (χ0n) is 9.38. The molecule has 0 aliphatic carbocycles. The van der Waals surface area contributed by atoms with E-state index in [0.29, 0.717) is 6.42 Å². The minimum Gasteiger partial charge on any atom is -0.480 e. The molecule has 1 rings (SSSR count). The third-order valence-electron chi connectivity index (χ3n) is 2.21. The fourth-order valence-electron chi connectivity index (χ4n) is 1.28. The van der Waals surface area contributed by atoms with Crippen LogP contribution >= 0.6 is 0 Å². The summed E-state index contributed by atoms with van der Waals surface area (Å²) in [7, 11) is -3.84. The number of rotatable bonds is 7. The molecule has 0 unspecified atom stereocenters. The van der Waals surface area contributed by atoms with Gasteiger partial charge in [0, 0.05) is 0 Å². The van der Waals surface area contributed by atoms with Crippen LogP contribution in [-0.2, 0) is 14.8 Å². The largest absolute Gasteiger partial charge is 0.480 e. The number of nitrogens with zero attached hydrogens (tertiary/aromatic N) is 1. The Bertz CT molecular complexity index is 455. The molecule has 3 N–H and O–H groups in total. The van der Waals surface area contributed by atoms with Crippen molar-refractivity contribution in [1.29, 1.82) is 0 Å². The van der Waals surface area contributed by atoms with Crippen LogP contribution in [0.3, 0.4) is 0 Å². The van der Waals surface area contributed by atoms with Gasteiger partial charge in [0.1, 0.15) is 6.04 Å². The van der Waals surface area contributed by atoms with Crippen molar-refractivity contribution in [3.63, 3.8) is 0 Å². The molecule has 0 aromatic carbocycles. The van der Waals surface area contributed by atoms with Crippen LogP contribution in [0.15, 0.2) is 17.3 Å². The summed E-state index contributed by atoms with van der Waals surface area (Å²) in [5.41, 5.74) is 0. The van der Waals surface area contributed by atoms with E-state index >= 15 is 0 Å². The average molecular weight is 261 g/mol. The Balaban J connectivity index is 2.76. The van der Waals surface area contributed by atoms with Gasteiger partial charge in [-0.3, -0.25) is 9.89 Å². The van der Waals surface area contributed by atoms with Crippen molar-refractivity contribution in [1.82, 2.24) is 14.9 Å². The molecule has 0 aliphatic heterocycles. The normalized spacial score (nSPS) is 13.5. The number of carbonyl (C=O) groups is 1. The molecule has 0 radical (unpaired) electrons. The standard InChI is InChI=1S/C9H15N3O4S/c1-2-3-4-7(9(13)14)12-17(15,16)8-5-6-10-11-8/h5-7,12H,2-4H2,1H3,(H,10,11)(H,13,14)/t7-/m0/s1. The summed E-state index contributed by atoms with van der Waals surface area (Å²) in [6.07, 6.45) is 2.99. The third kappa shape index (κ3) is 3.82. The summed E-state index contributed by atoms with van der Waals surface area (Å²) in [6.45, 7) is 1.91. The molecule has 0 aliphatic rings. The molecule has 1 aromatic rings. The quantitative estimate of drug-likeness (QED) is 0.654. The van der Waals surface area contributed by atoms with Crippen LogP contribution in [0.2, 0.25) is 0 Å². The predicted octanol–water partition coefficient (Wildman–Crippen LogP) is 0.331. The van der Waals surface area contributed by atoms with Crippen LogP contribution < -0.4 is 4.72 Å². The molecule has 8 heteroatoms. The minimum absolute atomic E-state index is 0.139. The molecule has 0 bridgehead atoms. The van der Waals surface area contributed by atoms with Crippen LogP contribution in [0.4, 0.5) is 0 Å². The number of carboxylic acid groups (broad SMARTS) is 1. The molecule has 1 atom stereocenters. The van der Waals surface area contributed by atoms with Crippen LogP contribution in [0, 0.1) is 0 Å². The lowest BCUT2D eigenvalue weighted by molar-refractivity contribution is -0.139. The maximum absolute atomic E-state index is 11.7. The predicted molar refractivity (Wildman–Crippen MR) is 59.9 cm³/mol. The highest BCUT2D eigenvalue weighted by atomic mass is 32.2. The lowest BCUT2D eigenvalue weighted by Gasteiger charge is -2.13. The molecule has 1 heterocycles. The van der Waals surface area contributed by atoms with Crippen LogP contribution in [0.1, 0.15) is 26.2 Å². The maximum Gasteiger partial charge on any atom is 0.321 e. The van der Waals surface area contributed by atoms with Gasteiger partial charge in [0.25, 0.3) is 10.0 Å². The number of carboxylic acids is 1. The van der Waals surface area contributed by atoms with Crippen molar-refractivity contribution in [2.45, 2.75) is 37.3 Å². The molecular formula is C9H15N3O4S. The average Bonchev–Trinajstić information content (AvgIpc) is 2.77. The van der Waals surface area contributed by atoms with E-state index < -0.39 is 22.0 Å². The van der Waals surface area contributed by atoms with E-state index in [1.54, 1.807) is 0 Å². The van der Waals surface area contributed by atoms with Crippen molar-refractivity contribution >= 4 is 16.0 Å². The molecule has 0 fully saturated rings. The van der Waals surface area contributed by atoms with Gasteiger partial charge in [-0.15, -0.1) is 0 Å². The van der Waals surface area contributed by atoms with E-state index in [0.717, 1.165) is 6.42 Å². The number of aromatic nitrogens is 2. The summed E-state index contributed by atoms with van der Waals surface area (Å²) in [5.74, 6) is -1.18. The van der Waals surface area contributed by atoms with Gasteiger partial charge in [-0.05, 0) is 12.5 Å². The smallest absolute Gasteiger partial charge is 0.321 e. The number of aromatic amines is 1. The van der Waals surface area contributed by atoms with Crippen molar-refractivity contribution < 1.29 is 18.3 Å². The second-order valence-corrected chi connectivity index (χ2v) is 5.26. The SMILES string of the molecule is CCCC[C@H](NS(=O)(=O)c1ccn[nH]1)C(=O)O. The van der Waals surface area contributed by atoms with E-state index in [9.17, 15) is 13.2 Å². The Morgan fingerprint density at radius 2 is 2.35 bits per heavy atom. The zero-order valence-corrected chi connectivity index (χ0v) is 10.2. The molecule has 96 valence electrons. The Kier molecular flexibility index (Phi) is 4.64. The summed E-state index contributed by atoms with van der Waals surface area (Å²) >= 11 is 0. The first-order valence-electron chi connectivity index (χ1n) is 5.22. The highest BCUT2D eigenvalue weighted by molar-refractivity contribution is 7.89.